The fraction of sp³-hybridized carbons (Fsp3) is 0.471. The molecule has 3 heteroatoms. The minimum Gasteiger partial charge on any atom is -0.399 e. The summed E-state index contributed by atoms with van der Waals surface area (Å²) >= 11 is 0. The molecule has 1 aromatic carbocycles. The predicted octanol–water partition coefficient (Wildman–Crippen LogP) is 2.77. The molecule has 0 aliphatic heterocycles. The van der Waals surface area contributed by atoms with E-state index < -0.39 is 0 Å². The summed E-state index contributed by atoms with van der Waals surface area (Å²) in [6.07, 6.45) is 9.79. The fourth-order valence-corrected chi connectivity index (χ4v) is 3.02. The van der Waals surface area contributed by atoms with Gasteiger partial charge in [0.15, 0.2) is 0 Å². The molecule has 0 radical (unpaired) electrons. The zero-order chi connectivity index (χ0) is 14.0. The van der Waals surface area contributed by atoms with Gasteiger partial charge in [0, 0.05) is 12.2 Å². The first-order valence-electron chi connectivity index (χ1n) is 7.50. The normalized spacial score (nSPS) is 23.3. The summed E-state index contributed by atoms with van der Waals surface area (Å²) < 4.78 is 0. The summed E-state index contributed by atoms with van der Waals surface area (Å²) in [4.78, 5) is 12.5. The number of allylic oxidation sites excluding steroid dienone is 2. The van der Waals surface area contributed by atoms with Crippen LogP contribution in [-0.4, -0.2) is 12.5 Å². The molecular weight excluding hydrogens is 248 g/mol. The van der Waals surface area contributed by atoms with Gasteiger partial charge in [-0.05, 0) is 55.7 Å². The Hall–Kier alpha value is -1.77. The number of hydrogen-bond acceptors (Lipinski definition) is 2. The Labute approximate surface area is 120 Å². The number of nitrogen functional groups attached to an aromatic ring is 1. The van der Waals surface area contributed by atoms with Gasteiger partial charge in [0.2, 0.25) is 5.91 Å². The Kier molecular flexibility index (Phi) is 3.51. The number of carbonyl (C=O) groups is 1. The van der Waals surface area contributed by atoms with Gasteiger partial charge in [0.1, 0.15) is 0 Å². The molecule has 1 aromatic rings. The van der Waals surface area contributed by atoms with Crippen molar-refractivity contribution in [3.8, 4) is 0 Å². The van der Waals surface area contributed by atoms with E-state index in [4.69, 9.17) is 5.73 Å². The van der Waals surface area contributed by atoms with Gasteiger partial charge in [-0.3, -0.25) is 4.79 Å². The van der Waals surface area contributed by atoms with Crippen LogP contribution in [0.5, 0.6) is 0 Å². The van der Waals surface area contributed by atoms with E-state index in [9.17, 15) is 4.79 Å². The van der Waals surface area contributed by atoms with Crippen molar-refractivity contribution in [1.29, 1.82) is 0 Å². The second kappa shape index (κ2) is 5.31. The van der Waals surface area contributed by atoms with E-state index in [0.717, 1.165) is 43.5 Å². The molecule has 1 fully saturated rings. The number of rotatable bonds is 4. The summed E-state index contributed by atoms with van der Waals surface area (Å²) in [6, 6.07) is 7.75. The van der Waals surface area contributed by atoms with Crippen molar-refractivity contribution in [3.63, 3.8) is 0 Å². The molecule has 0 bridgehead atoms. The monoisotopic (exact) mass is 270 g/mol. The third-order valence-electron chi connectivity index (χ3n) is 4.58. The van der Waals surface area contributed by atoms with Crippen molar-refractivity contribution in [2.45, 2.75) is 37.5 Å². The largest absolute Gasteiger partial charge is 0.399 e. The Morgan fingerprint density at radius 2 is 2.00 bits per heavy atom. The lowest BCUT2D eigenvalue weighted by Crippen LogP contribution is -2.37. The van der Waals surface area contributed by atoms with Crippen LogP contribution in [0.1, 0.15) is 37.7 Å². The van der Waals surface area contributed by atoms with Gasteiger partial charge in [-0.15, -0.1) is 0 Å². The summed E-state index contributed by atoms with van der Waals surface area (Å²) in [5.74, 6) is 0.794. The van der Waals surface area contributed by atoms with E-state index in [1.807, 2.05) is 24.3 Å². The fourth-order valence-electron chi connectivity index (χ4n) is 3.02. The number of carbonyl (C=O) groups excluding carboxylic acids is 1. The van der Waals surface area contributed by atoms with Crippen LogP contribution in [-0.2, 0) is 10.2 Å². The van der Waals surface area contributed by atoms with Crippen molar-refractivity contribution in [1.82, 2.24) is 5.32 Å². The first-order valence-corrected chi connectivity index (χ1v) is 7.50. The van der Waals surface area contributed by atoms with Gasteiger partial charge in [-0.25, -0.2) is 0 Å². The molecule has 1 atom stereocenters. The Bertz CT molecular complexity index is 514. The van der Waals surface area contributed by atoms with Crippen LogP contribution in [0.2, 0.25) is 0 Å². The SMILES string of the molecule is Nc1ccc(C2(C(=O)NCC3CC=CCC3)CC2)cc1. The van der Waals surface area contributed by atoms with Crippen molar-refractivity contribution < 1.29 is 4.79 Å². The Morgan fingerprint density at radius 3 is 2.60 bits per heavy atom. The Balaban J connectivity index is 1.61. The van der Waals surface area contributed by atoms with Crippen molar-refractivity contribution >= 4 is 11.6 Å². The molecule has 2 aliphatic rings. The highest BCUT2D eigenvalue weighted by Crippen LogP contribution is 2.48. The summed E-state index contributed by atoms with van der Waals surface area (Å²) in [7, 11) is 0. The highest BCUT2D eigenvalue weighted by atomic mass is 16.2. The van der Waals surface area contributed by atoms with Crippen LogP contribution in [0.3, 0.4) is 0 Å². The molecule has 106 valence electrons. The average molecular weight is 270 g/mol. The predicted molar refractivity (Wildman–Crippen MR) is 81.3 cm³/mol. The molecule has 1 saturated carbocycles. The van der Waals surface area contributed by atoms with Crippen molar-refractivity contribution in [3.05, 3.63) is 42.0 Å². The van der Waals surface area contributed by atoms with E-state index >= 15 is 0 Å². The third-order valence-corrected chi connectivity index (χ3v) is 4.58. The molecular formula is C17H22N2O. The van der Waals surface area contributed by atoms with Crippen LogP contribution in [0.25, 0.3) is 0 Å². The molecule has 0 aromatic heterocycles. The second-order valence-corrected chi connectivity index (χ2v) is 6.06. The molecule has 0 saturated heterocycles. The first kappa shape index (κ1) is 13.2. The standard InChI is InChI=1S/C17H22N2O/c18-15-8-6-14(7-9-15)17(10-11-17)16(20)19-12-13-4-2-1-3-5-13/h1-2,6-9,13H,3-5,10-12,18H2,(H,19,20). The third kappa shape index (κ3) is 2.58. The van der Waals surface area contributed by atoms with Crippen LogP contribution < -0.4 is 11.1 Å². The van der Waals surface area contributed by atoms with Crippen LogP contribution in [0, 0.1) is 5.92 Å². The second-order valence-electron chi connectivity index (χ2n) is 6.06. The number of nitrogens with one attached hydrogen (secondary N) is 1. The highest BCUT2D eigenvalue weighted by Gasteiger charge is 2.51. The maximum absolute atomic E-state index is 12.5. The first-order chi connectivity index (χ1) is 9.71. The molecule has 2 aliphatic carbocycles. The number of anilines is 1. The van der Waals surface area contributed by atoms with E-state index in [2.05, 4.69) is 17.5 Å². The van der Waals surface area contributed by atoms with E-state index in [-0.39, 0.29) is 11.3 Å². The lowest BCUT2D eigenvalue weighted by molar-refractivity contribution is -0.123. The molecule has 3 N–H and O–H groups in total. The maximum atomic E-state index is 12.5. The quantitative estimate of drug-likeness (QED) is 0.653. The zero-order valence-corrected chi connectivity index (χ0v) is 11.8. The summed E-state index contributed by atoms with van der Waals surface area (Å²) in [6.45, 7) is 0.805. The highest BCUT2D eigenvalue weighted by molar-refractivity contribution is 5.91. The lowest BCUT2D eigenvalue weighted by atomic mass is 9.92. The van der Waals surface area contributed by atoms with Gasteiger partial charge in [0.25, 0.3) is 0 Å². The Morgan fingerprint density at radius 1 is 1.25 bits per heavy atom. The van der Waals surface area contributed by atoms with Crippen LogP contribution in [0.15, 0.2) is 36.4 Å². The molecule has 3 rings (SSSR count). The molecule has 0 spiro atoms. The van der Waals surface area contributed by atoms with Crippen molar-refractivity contribution in [2.24, 2.45) is 5.92 Å². The number of hydrogen-bond donors (Lipinski definition) is 2. The number of benzene rings is 1. The minimum atomic E-state index is -0.280. The molecule has 1 amide bonds. The van der Waals surface area contributed by atoms with E-state index in [1.165, 1.54) is 6.42 Å². The van der Waals surface area contributed by atoms with Crippen LogP contribution in [0.4, 0.5) is 5.69 Å². The molecule has 20 heavy (non-hydrogen) atoms. The van der Waals surface area contributed by atoms with E-state index in [0.29, 0.717) is 5.92 Å². The summed E-state index contributed by atoms with van der Waals surface area (Å²) in [5, 5.41) is 3.16. The lowest BCUT2D eigenvalue weighted by Gasteiger charge is -2.21. The molecule has 0 heterocycles. The van der Waals surface area contributed by atoms with E-state index in [1.54, 1.807) is 0 Å². The van der Waals surface area contributed by atoms with Crippen molar-refractivity contribution in [2.75, 3.05) is 12.3 Å². The summed E-state index contributed by atoms with van der Waals surface area (Å²) in [5.41, 5.74) is 7.29. The maximum Gasteiger partial charge on any atom is 0.230 e. The average Bonchev–Trinajstić information content (AvgIpc) is 3.28. The smallest absolute Gasteiger partial charge is 0.230 e. The minimum absolute atomic E-state index is 0.192. The van der Waals surface area contributed by atoms with Gasteiger partial charge in [-0.2, -0.15) is 0 Å². The van der Waals surface area contributed by atoms with Gasteiger partial charge in [-0.1, -0.05) is 24.3 Å². The van der Waals surface area contributed by atoms with Crippen LogP contribution >= 0.6 is 0 Å². The van der Waals surface area contributed by atoms with Gasteiger partial charge >= 0.3 is 0 Å². The number of nitrogens with two attached hydrogens (primary N) is 1. The number of amides is 1. The molecule has 1 unspecified atom stereocenters. The van der Waals surface area contributed by atoms with Gasteiger partial charge < -0.3 is 11.1 Å². The van der Waals surface area contributed by atoms with Gasteiger partial charge in [0.05, 0.1) is 5.41 Å². The zero-order valence-electron chi connectivity index (χ0n) is 11.8. The molecule has 3 nitrogen and oxygen atoms in total. The topological polar surface area (TPSA) is 55.1 Å².